The van der Waals surface area contributed by atoms with Crippen LogP contribution in [-0.2, 0) is 10.8 Å². The number of hydrogen-bond donors (Lipinski definition) is 0. The monoisotopic (exact) mass is 566 g/mol. The van der Waals surface area contributed by atoms with Gasteiger partial charge in [-0.15, -0.1) is 0 Å². The van der Waals surface area contributed by atoms with Crippen LogP contribution >= 0.6 is 0 Å². The Bertz CT molecular complexity index is 1860. The van der Waals surface area contributed by atoms with Crippen LogP contribution in [0.2, 0.25) is 0 Å². The maximum atomic E-state index is 2.52. The summed E-state index contributed by atoms with van der Waals surface area (Å²) in [7, 11) is 6.49. The molecule has 6 rings (SSSR count). The molecule has 0 atom stereocenters. The summed E-state index contributed by atoms with van der Waals surface area (Å²) in [6.45, 7) is 11.3. The fourth-order valence-electron chi connectivity index (χ4n) is 7.18. The quantitative estimate of drug-likeness (QED) is 0.163. The van der Waals surface area contributed by atoms with Crippen LogP contribution in [0.3, 0.4) is 0 Å². The second-order valence-electron chi connectivity index (χ2n) is 13.2. The summed E-state index contributed by atoms with van der Waals surface area (Å²) in [5.74, 6) is 0. The average Bonchev–Trinajstić information content (AvgIpc) is 3.33. The fourth-order valence-corrected chi connectivity index (χ4v) is 7.18. The summed E-state index contributed by atoms with van der Waals surface area (Å²) < 4.78 is 2.37. The van der Waals surface area contributed by atoms with Gasteiger partial charge in [0.2, 0.25) is 5.69 Å². The van der Waals surface area contributed by atoms with E-state index in [1.807, 2.05) is 0 Å². The van der Waals surface area contributed by atoms with Crippen molar-refractivity contribution in [2.24, 2.45) is 0 Å². The van der Waals surface area contributed by atoms with E-state index in [0.717, 1.165) is 13.1 Å². The molecular formula is C40H44N3+. The SMILES string of the molecule is CN(C)CCN1/C(=C/C=C/C=C/C=C/C2=[N+](C)c3c(ccc4ccccc34)C2(C)C)C(C)(C)c2c1ccc1ccccc21. The van der Waals surface area contributed by atoms with E-state index >= 15 is 0 Å². The van der Waals surface area contributed by atoms with Crippen LogP contribution < -0.4 is 4.90 Å². The largest absolute Gasteiger partial charge is 0.343 e. The topological polar surface area (TPSA) is 9.49 Å². The number of nitrogens with zero attached hydrogens (tertiary/aromatic N) is 3. The molecule has 2 heterocycles. The average molecular weight is 567 g/mol. The first kappa shape index (κ1) is 28.9. The van der Waals surface area contributed by atoms with Crippen LogP contribution in [-0.4, -0.2) is 49.4 Å². The lowest BCUT2D eigenvalue weighted by atomic mass is 9.80. The smallest absolute Gasteiger partial charge is 0.217 e. The van der Waals surface area contributed by atoms with Gasteiger partial charge >= 0.3 is 0 Å². The van der Waals surface area contributed by atoms with Crippen molar-refractivity contribution in [1.29, 1.82) is 0 Å². The van der Waals surface area contributed by atoms with Crippen molar-refractivity contribution >= 4 is 38.6 Å². The first-order chi connectivity index (χ1) is 20.6. The summed E-state index contributed by atoms with van der Waals surface area (Å²) in [6, 6.07) is 26.6. The molecule has 0 radical (unpaired) electrons. The molecule has 4 aromatic rings. The van der Waals surface area contributed by atoms with Crippen LogP contribution in [0.5, 0.6) is 0 Å². The first-order valence-electron chi connectivity index (χ1n) is 15.4. The minimum Gasteiger partial charge on any atom is -0.343 e. The van der Waals surface area contributed by atoms with Crippen LogP contribution in [0.4, 0.5) is 11.4 Å². The molecule has 0 amide bonds. The Hall–Kier alpha value is -4.21. The fraction of sp³-hybridized carbons (Fsp3) is 0.275. The van der Waals surface area contributed by atoms with Crippen LogP contribution in [0.1, 0.15) is 38.8 Å². The van der Waals surface area contributed by atoms with Crippen molar-refractivity contribution in [3.05, 3.63) is 132 Å². The zero-order valence-corrected chi connectivity index (χ0v) is 26.7. The molecule has 0 aromatic heterocycles. The van der Waals surface area contributed by atoms with Gasteiger partial charge in [-0.1, -0.05) is 105 Å². The molecule has 0 fully saturated rings. The predicted molar refractivity (Wildman–Crippen MR) is 186 cm³/mol. The van der Waals surface area contributed by atoms with Gasteiger partial charge in [-0.05, 0) is 67.9 Å². The number of rotatable bonds is 7. The van der Waals surface area contributed by atoms with Crippen molar-refractivity contribution in [3.63, 3.8) is 0 Å². The van der Waals surface area contributed by atoms with Crippen molar-refractivity contribution in [3.8, 4) is 0 Å². The van der Waals surface area contributed by atoms with Gasteiger partial charge in [-0.2, -0.15) is 4.58 Å². The summed E-state index contributed by atoms with van der Waals surface area (Å²) in [5, 5.41) is 5.26. The molecule has 0 spiro atoms. The van der Waals surface area contributed by atoms with E-state index in [-0.39, 0.29) is 10.8 Å². The van der Waals surface area contributed by atoms with Gasteiger partial charge in [0, 0.05) is 41.5 Å². The maximum Gasteiger partial charge on any atom is 0.217 e. The summed E-state index contributed by atoms with van der Waals surface area (Å²) >= 11 is 0. The van der Waals surface area contributed by atoms with E-state index < -0.39 is 0 Å². The van der Waals surface area contributed by atoms with Gasteiger partial charge in [0.05, 0.1) is 10.8 Å². The molecule has 218 valence electrons. The van der Waals surface area contributed by atoms with Crippen molar-refractivity contribution in [2.75, 3.05) is 39.1 Å². The third kappa shape index (κ3) is 4.96. The van der Waals surface area contributed by atoms with Crippen molar-refractivity contribution in [1.82, 2.24) is 4.90 Å². The third-order valence-electron chi connectivity index (χ3n) is 9.39. The van der Waals surface area contributed by atoms with E-state index in [0.29, 0.717) is 0 Å². The van der Waals surface area contributed by atoms with Crippen LogP contribution in [0, 0.1) is 0 Å². The summed E-state index contributed by atoms with van der Waals surface area (Å²) in [5.41, 5.74) is 7.97. The Morgan fingerprint density at radius 1 is 0.721 bits per heavy atom. The highest BCUT2D eigenvalue weighted by atomic mass is 15.2. The number of fused-ring (bicyclic) bond motifs is 6. The standard InChI is InChI=1S/C40H44N3/c1-39(2)33-25-23-30-18-14-16-20-32(30)38(33)42(7)35(39)21-11-9-8-10-12-22-36-40(3,4)37-31-19-15-13-17-29(31)24-26-34(37)43(36)28-27-41(5)6/h8-26H,27-28H2,1-7H3/q+1. The molecule has 2 aliphatic heterocycles. The lowest BCUT2D eigenvalue weighted by molar-refractivity contribution is -0.399. The lowest BCUT2D eigenvalue weighted by Gasteiger charge is -2.28. The third-order valence-corrected chi connectivity index (χ3v) is 9.39. The van der Waals surface area contributed by atoms with Gasteiger partial charge in [0.1, 0.15) is 7.05 Å². The molecule has 0 unspecified atom stereocenters. The zero-order valence-electron chi connectivity index (χ0n) is 26.7. The second-order valence-corrected chi connectivity index (χ2v) is 13.2. The number of hydrogen-bond acceptors (Lipinski definition) is 2. The van der Waals surface area contributed by atoms with Gasteiger partial charge in [0.15, 0.2) is 5.71 Å². The Morgan fingerprint density at radius 2 is 1.35 bits per heavy atom. The van der Waals surface area contributed by atoms with E-state index in [1.165, 1.54) is 55.5 Å². The summed E-state index contributed by atoms with van der Waals surface area (Å²) in [6.07, 6.45) is 15.4. The highest BCUT2D eigenvalue weighted by Crippen LogP contribution is 2.50. The number of allylic oxidation sites excluding steroid dienone is 8. The molecule has 2 aliphatic rings. The number of likely N-dealkylation sites (N-methyl/N-ethyl adjacent to an activating group) is 1. The summed E-state index contributed by atoms with van der Waals surface area (Å²) in [4.78, 5) is 4.78. The van der Waals surface area contributed by atoms with Crippen molar-refractivity contribution < 1.29 is 4.58 Å². The molecule has 0 N–H and O–H groups in total. The molecule has 0 bridgehead atoms. The minimum atomic E-state index is -0.0923. The van der Waals surface area contributed by atoms with Gasteiger partial charge in [0.25, 0.3) is 0 Å². The minimum absolute atomic E-state index is 0.0536. The molecule has 4 aromatic carbocycles. The maximum absolute atomic E-state index is 2.52. The molecule has 0 saturated heterocycles. The molecule has 0 saturated carbocycles. The van der Waals surface area contributed by atoms with Gasteiger partial charge < -0.3 is 9.80 Å². The molecule has 0 aliphatic carbocycles. The van der Waals surface area contributed by atoms with Crippen LogP contribution in [0.15, 0.2) is 121 Å². The number of benzene rings is 4. The van der Waals surface area contributed by atoms with E-state index in [2.05, 4.69) is 179 Å². The normalized spacial score (nSPS) is 18.5. The van der Waals surface area contributed by atoms with E-state index in [1.54, 1.807) is 0 Å². The second kappa shape index (κ2) is 11.1. The Balaban J connectivity index is 1.25. The molecular weight excluding hydrogens is 522 g/mol. The molecule has 3 heteroatoms. The highest BCUT2D eigenvalue weighted by molar-refractivity contribution is 6.07. The van der Waals surface area contributed by atoms with E-state index in [9.17, 15) is 0 Å². The zero-order chi connectivity index (χ0) is 30.4. The van der Waals surface area contributed by atoms with E-state index in [4.69, 9.17) is 0 Å². The molecule has 43 heavy (non-hydrogen) atoms. The van der Waals surface area contributed by atoms with Crippen LogP contribution in [0.25, 0.3) is 21.5 Å². The Labute approximate surface area is 257 Å². The Morgan fingerprint density at radius 3 is 2.09 bits per heavy atom. The Kier molecular flexibility index (Phi) is 7.48. The molecule has 3 nitrogen and oxygen atoms in total. The van der Waals surface area contributed by atoms with Crippen molar-refractivity contribution in [2.45, 2.75) is 38.5 Å². The predicted octanol–water partition coefficient (Wildman–Crippen LogP) is 8.91. The van der Waals surface area contributed by atoms with Gasteiger partial charge in [-0.3, -0.25) is 0 Å². The first-order valence-corrected chi connectivity index (χ1v) is 15.4. The number of anilines is 1. The highest BCUT2D eigenvalue weighted by Gasteiger charge is 2.44. The lowest BCUT2D eigenvalue weighted by Crippen LogP contribution is -2.32. The van der Waals surface area contributed by atoms with Gasteiger partial charge in [-0.25, -0.2) is 0 Å².